The zero-order valence-corrected chi connectivity index (χ0v) is 11.5. The highest BCUT2D eigenvalue weighted by molar-refractivity contribution is 5.80. The van der Waals surface area contributed by atoms with Gasteiger partial charge in [-0.25, -0.2) is 0 Å². The van der Waals surface area contributed by atoms with Gasteiger partial charge < -0.3 is 9.47 Å². The minimum Gasteiger partial charge on any atom is -0.490 e. The van der Waals surface area contributed by atoms with Crippen molar-refractivity contribution in [2.24, 2.45) is 0 Å². The summed E-state index contributed by atoms with van der Waals surface area (Å²) in [7, 11) is 0. The molecule has 0 amide bonds. The SMILES string of the molecule is CC1(C)CCC(COc2ccc([N+](=O)[O-])cc2C=O)O1. The molecular formula is C14H17NO5. The molecule has 1 aliphatic rings. The van der Waals surface area contributed by atoms with Gasteiger partial charge in [0.05, 0.1) is 22.2 Å². The zero-order valence-electron chi connectivity index (χ0n) is 11.5. The Kier molecular flexibility index (Phi) is 4.04. The number of rotatable bonds is 5. The van der Waals surface area contributed by atoms with Crippen LogP contribution >= 0.6 is 0 Å². The van der Waals surface area contributed by atoms with E-state index in [-0.39, 0.29) is 23.0 Å². The van der Waals surface area contributed by atoms with Gasteiger partial charge in [-0.15, -0.1) is 0 Å². The van der Waals surface area contributed by atoms with Gasteiger partial charge in [-0.1, -0.05) is 0 Å². The maximum absolute atomic E-state index is 11.0. The molecule has 1 aromatic rings. The second-order valence-corrected chi connectivity index (χ2v) is 5.45. The van der Waals surface area contributed by atoms with Crippen LogP contribution in [0.5, 0.6) is 5.75 Å². The molecule has 0 aliphatic carbocycles. The molecule has 0 radical (unpaired) electrons. The molecule has 1 fully saturated rings. The first kappa shape index (κ1) is 14.5. The Labute approximate surface area is 116 Å². The Morgan fingerprint density at radius 2 is 2.30 bits per heavy atom. The number of benzene rings is 1. The Bertz CT molecular complexity index is 526. The molecule has 6 heteroatoms. The highest BCUT2D eigenvalue weighted by Crippen LogP contribution is 2.30. The van der Waals surface area contributed by atoms with Crippen LogP contribution in [0, 0.1) is 10.1 Å². The smallest absolute Gasteiger partial charge is 0.270 e. The van der Waals surface area contributed by atoms with Crippen LogP contribution in [0.2, 0.25) is 0 Å². The van der Waals surface area contributed by atoms with E-state index in [0.717, 1.165) is 12.8 Å². The first-order valence-corrected chi connectivity index (χ1v) is 6.45. The van der Waals surface area contributed by atoms with E-state index in [0.29, 0.717) is 18.6 Å². The molecule has 108 valence electrons. The normalized spacial score (nSPS) is 20.6. The standard InChI is InChI=1S/C14H17NO5/c1-14(2)6-5-12(20-14)9-19-13-4-3-11(15(17)18)7-10(13)8-16/h3-4,7-8,12H,5-6,9H2,1-2H3. The van der Waals surface area contributed by atoms with Gasteiger partial charge in [-0.2, -0.15) is 0 Å². The van der Waals surface area contributed by atoms with Gasteiger partial charge in [-0.05, 0) is 32.8 Å². The molecule has 0 saturated carbocycles. The van der Waals surface area contributed by atoms with Crippen LogP contribution in [0.25, 0.3) is 0 Å². The predicted octanol–water partition coefficient (Wildman–Crippen LogP) is 2.74. The van der Waals surface area contributed by atoms with Crippen LogP contribution in [-0.4, -0.2) is 29.5 Å². The minimum atomic E-state index is -0.542. The molecule has 1 aromatic carbocycles. The molecule has 0 bridgehead atoms. The van der Waals surface area contributed by atoms with Crippen molar-refractivity contribution >= 4 is 12.0 Å². The number of aldehydes is 1. The lowest BCUT2D eigenvalue weighted by atomic mass is 10.1. The summed E-state index contributed by atoms with van der Waals surface area (Å²) in [6.45, 7) is 4.38. The van der Waals surface area contributed by atoms with Gasteiger partial charge >= 0.3 is 0 Å². The summed E-state index contributed by atoms with van der Waals surface area (Å²) in [6.07, 6.45) is 2.40. The third-order valence-corrected chi connectivity index (χ3v) is 3.31. The van der Waals surface area contributed by atoms with E-state index in [1.807, 2.05) is 13.8 Å². The number of hydrogen-bond donors (Lipinski definition) is 0. The monoisotopic (exact) mass is 279 g/mol. The average molecular weight is 279 g/mol. The fourth-order valence-corrected chi connectivity index (χ4v) is 2.25. The van der Waals surface area contributed by atoms with Crippen LogP contribution in [0.15, 0.2) is 18.2 Å². The second kappa shape index (κ2) is 5.58. The van der Waals surface area contributed by atoms with E-state index < -0.39 is 4.92 Å². The first-order chi connectivity index (χ1) is 9.41. The zero-order chi connectivity index (χ0) is 14.8. The van der Waals surface area contributed by atoms with Crippen LogP contribution in [0.3, 0.4) is 0 Å². The van der Waals surface area contributed by atoms with Gasteiger partial charge in [0.2, 0.25) is 0 Å². The number of carbonyl (C=O) groups is 1. The molecule has 0 spiro atoms. The fourth-order valence-electron chi connectivity index (χ4n) is 2.25. The molecular weight excluding hydrogens is 262 g/mol. The molecule has 1 unspecified atom stereocenters. The highest BCUT2D eigenvalue weighted by Gasteiger charge is 2.32. The molecule has 20 heavy (non-hydrogen) atoms. The number of hydrogen-bond acceptors (Lipinski definition) is 5. The molecule has 0 N–H and O–H groups in total. The maximum atomic E-state index is 11.0. The molecule has 0 aromatic heterocycles. The van der Waals surface area contributed by atoms with E-state index >= 15 is 0 Å². The van der Waals surface area contributed by atoms with Crippen molar-refractivity contribution < 1.29 is 19.2 Å². The Morgan fingerprint density at radius 3 is 2.85 bits per heavy atom. The van der Waals surface area contributed by atoms with E-state index in [2.05, 4.69) is 0 Å². The lowest BCUT2D eigenvalue weighted by Gasteiger charge is -2.19. The Morgan fingerprint density at radius 1 is 1.55 bits per heavy atom. The summed E-state index contributed by atoms with van der Waals surface area (Å²) in [5, 5.41) is 10.6. The van der Waals surface area contributed by atoms with Crippen molar-refractivity contribution in [3.05, 3.63) is 33.9 Å². The average Bonchev–Trinajstić information content (AvgIpc) is 2.75. The largest absolute Gasteiger partial charge is 0.490 e. The molecule has 2 rings (SSSR count). The van der Waals surface area contributed by atoms with Crippen molar-refractivity contribution in [3.8, 4) is 5.75 Å². The van der Waals surface area contributed by atoms with E-state index in [1.54, 1.807) is 0 Å². The number of nitro benzene ring substituents is 1. The summed E-state index contributed by atoms with van der Waals surface area (Å²) in [5.74, 6) is 0.346. The third kappa shape index (κ3) is 3.33. The molecule has 6 nitrogen and oxygen atoms in total. The third-order valence-electron chi connectivity index (χ3n) is 3.31. The van der Waals surface area contributed by atoms with Crippen LogP contribution in [-0.2, 0) is 4.74 Å². The number of carbonyl (C=O) groups excluding carboxylic acids is 1. The molecule has 1 saturated heterocycles. The van der Waals surface area contributed by atoms with Crippen molar-refractivity contribution in [2.45, 2.75) is 38.4 Å². The van der Waals surface area contributed by atoms with Crippen molar-refractivity contribution in [1.82, 2.24) is 0 Å². The van der Waals surface area contributed by atoms with Gasteiger partial charge in [-0.3, -0.25) is 14.9 Å². The highest BCUT2D eigenvalue weighted by atomic mass is 16.6. The predicted molar refractivity (Wildman–Crippen MR) is 72.2 cm³/mol. The number of nitrogens with zero attached hydrogens (tertiary/aromatic N) is 1. The maximum Gasteiger partial charge on any atom is 0.270 e. The minimum absolute atomic E-state index is 0.0142. The van der Waals surface area contributed by atoms with Crippen LogP contribution in [0.4, 0.5) is 5.69 Å². The number of non-ortho nitro benzene ring substituents is 1. The first-order valence-electron chi connectivity index (χ1n) is 6.45. The van der Waals surface area contributed by atoms with Gasteiger partial charge in [0.15, 0.2) is 6.29 Å². The van der Waals surface area contributed by atoms with E-state index in [1.165, 1.54) is 18.2 Å². The Hall–Kier alpha value is -1.95. The van der Waals surface area contributed by atoms with Gasteiger partial charge in [0.25, 0.3) is 5.69 Å². The molecule has 1 aliphatic heterocycles. The van der Waals surface area contributed by atoms with E-state index in [4.69, 9.17) is 9.47 Å². The van der Waals surface area contributed by atoms with Crippen LogP contribution < -0.4 is 4.74 Å². The molecule has 1 atom stereocenters. The fraction of sp³-hybridized carbons (Fsp3) is 0.500. The summed E-state index contributed by atoms with van der Waals surface area (Å²) >= 11 is 0. The van der Waals surface area contributed by atoms with Crippen molar-refractivity contribution in [1.29, 1.82) is 0 Å². The Balaban J connectivity index is 2.03. The number of nitro groups is 1. The summed E-state index contributed by atoms with van der Waals surface area (Å²) in [4.78, 5) is 21.1. The van der Waals surface area contributed by atoms with Crippen molar-refractivity contribution in [2.75, 3.05) is 6.61 Å². The summed E-state index contributed by atoms with van der Waals surface area (Å²) in [6, 6.07) is 3.98. The lowest BCUT2D eigenvalue weighted by Crippen LogP contribution is -2.24. The quantitative estimate of drug-likeness (QED) is 0.470. The molecule has 1 heterocycles. The summed E-state index contributed by atoms with van der Waals surface area (Å²) < 4.78 is 11.3. The summed E-state index contributed by atoms with van der Waals surface area (Å²) in [5.41, 5.74) is -0.0917. The number of ether oxygens (including phenoxy) is 2. The van der Waals surface area contributed by atoms with Crippen LogP contribution in [0.1, 0.15) is 37.0 Å². The van der Waals surface area contributed by atoms with Gasteiger partial charge in [0, 0.05) is 12.1 Å². The lowest BCUT2D eigenvalue weighted by molar-refractivity contribution is -0.384. The van der Waals surface area contributed by atoms with E-state index in [9.17, 15) is 14.9 Å². The second-order valence-electron chi connectivity index (χ2n) is 5.45. The van der Waals surface area contributed by atoms with Crippen molar-refractivity contribution in [3.63, 3.8) is 0 Å². The van der Waals surface area contributed by atoms with Gasteiger partial charge in [0.1, 0.15) is 12.4 Å². The topological polar surface area (TPSA) is 78.7 Å².